The molecule has 2 aliphatic carbocycles. The Bertz CT molecular complexity index is 452. The standard InChI is InChI=1S/C16H24O5/c1-5-19-9-21-14-12-10(8-16(14,3)4)7-11(17)13(12)15(18)20-6-2/h7,12-14H,5-6,8-9H2,1-4H3/t12-,13-,14+/m0/s1. The lowest BCUT2D eigenvalue weighted by molar-refractivity contribution is -0.160. The van der Waals surface area contributed by atoms with Gasteiger partial charge in [0, 0.05) is 12.5 Å². The Morgan fingerprint density at radius 1 is 1.33 bits per heavy atom. The molecule has 1 fully saturated rings. The summed E-state index contributed by atoms with van der Waals surface area (Å²) in [5.41, 5.74) is 0.878. The molecule has 1 saturated carbocycles. The molecule has 2 aliphatic rings. The van der Waals surface area contributed by atoms with Crippen molar-refractivity contribution in [3.8, 4) is 0 Å². The van der Waals surface area contributed by atoms with Crippen LogP contribution in [-0.4, -0.2) is 37.9 Å². The second kappa shape index (κ2) is 6.28. The molecule has 0 bridgehead atoms. The SMILES string of the molecule is CCOCO[C@@H]1[C@H]2C(=CC(=O)[C@@H]2C(=O)OCC)CC1(C)C. The molecule has 0 aromatic rings. The second-order valence-corrected chi connectivity index (χ2v) is 6.24. The zero-order valence-corrected chi connectivity index (χ0v) is 13.2. The van der Waals surface area contributed by atoms with E-state index in [1.807, 2.05) is 6.92 Å². The molecule has 0 radical (unpaired) electrons. The second-order valence-electron chi connectivity index (χ2n) is 6.24. The number of esters is 1. The third-order valence-electron chi connectivity index (χ3n) is 4.25. The van der Waals surface area contributed by atoms with E-state index in [9.17, 15) is 9.59 Å². The number of ketones is 1. The molecule has 0 spiro atoms. The molecule has 0 unspecified atom stereocenters. The lowest BCUT2D eigenvalue weighted by Crippen LogP contribution is -2.39. The van der Waals surface area contributed by atoms with Gasteiger partial charge < -0.3 is 14.2 Å². The third kappa shape index (κ3) is 3.04. The molecule has 5 heteroatoms. The maximum Gasteiger partial charge on any atom is 0.317 e. The van der Waals surface area contributed by atoms with E-state index in [0.717, 1.165) is 12.0 Å². The average Bonchev–Trinajstić information content (AvgIpc) is 2.81. The largest absolute Gasteiger partial charge is 0.465 e. The van der Waals surface area contributed by atoms with Crippen LogP contribution in [0.1, 0.15) is 34.1 Å². The summed E-state index contributed by atoms with van der Waals surface area (Å²) in [7, 11) is 0. The molecule has 0 aromatic heterocycles. The fourth-order valence-corrected chi connectivity index (χ4v) is 3.44. The Kier molecular flexibility index (Phi) is 4.84. The van der Waals surface area contributed by atoms with E-state index in [0.29, 0.717) is 6.61 Å². The van der Waals surface area contributed by atoms with Gasteiger partial charge in [-0.05, 0) is 31.8 Å². The predicted octanol–water partition coefficient (Wildman–Crippen LogP) is 2.10. The first kappa shape index (κ1) is 16.2. The van der Waals surface area contributed by atoms with Crippen LogP contribution in [0.2, 0.25) is 0 Å². The molecule has 0 amide bonds. The smallest absolute Gasteiger partial charge is 0.317 e. The normalized spacial score (nSPS) is 30.2. The number of rotatable bonds is 6. The van der Waals surface area contributed by atoms with Gasteiger partial charge in [-0.15, -0.1) is 0 Å². The van der Waals surface area contributed by atoms with Crippen LogP contribution in [0.4, 0.5) is 0 Å². The quantitative estimate of drug-likeness (QED) is 0.325. The minimum atomic E-state index is -0.756. The summed E-state index contributed by atoms with van der Waals surface area (Å²) in [5.74, 6) is -1.57. The fraction of sp³-hybridized carbons (Fsp3) is 0.750. The minimum Gasteiger partial charge on any atom is -0.465 e. The van der Waals surface area contributed by atoms with Gasteiger partial charge in [-0.25, -0.2) is 0 Å². The van der Waals surface area contributed by atoms with Crippen LogP contribution >= 0.6 is 0 Å². The fourth-order valence-electron chi connectivity index (χ4n) is 3.44. The highest BCUT2D eigenvalue weighted by Gasteiger charge is 2.56. The van der Waals surface area contributed by atoms with E-state index < -0.39 is 11.9 Å². The molecule has 0 N–H and O–H groups in total. The number of fused-ring (bicyclic) bond motifs is 1. The van der Waals surface area contributed by atoms with Crippen molar-refractivity contribution in [2.24, 2.45) is 17.3 Å². The van der Waals surface area contributed by atoms with Crippen molar-refractivity contribution in [3.05, 3.63) is 11.6 Å². The summed E-state index contributed by atoms with van der Waals surface area (Å²) in [5, 5.41) is 0. The molecule has 118 valence electrons. The topological polar surface area (TPSA) is 61.8 Å². The molecule has 21 heavy (non-hydrogen) atoms. The number of carbonyl (C=O) groups is 2. The molecule has 0 heterocycles. The molecule has 5 nitrogen and oxygen atoms in total. The van der Waals surface area contributed by atoms with Crippen molar-refractivity contribution in [2.75, 3.05) is 20.0 Å². The molecular formula is C16H24O5. The van der Waals surface area contributed by atoms with Crippen molar-refractivity contribution in [1.82, 2.24) is 0 Å². The van der Waals surface area contributed by atoms with Gasteiger partial charge in [0.15, 0.2) is 5.78 Å². The van der Waals surface area contributed by atoms with Crippen LogP contribution < -0.4 is 0 Å². The summed E-state index contributed by atoms with van der Waals surface area (Å²) in [6, 6.07) is 0. The van der Waals surface area contributed by atoms with Gasteiger partial charge in [-0.1, -0.05) is 19.4 Å². The minimum absolute atomic E-state index is 0.126. The van der Waals surface area contributed by atoms with Gasteiger partial charge in [-0.2, -0.15) is 0 Å². The van der Waals surface area contributed by atoms with Gasteiger partial charge in [0.05, 0.1) is 12.7 Å². The van der Waals surface area contributed by atoms with E-state index in [1.165, 1.54) is 0 Å². The molecule has 0 aromatic carbocycles. The van der Waals surface area contributed by atoms with Gasteiger partial charge in [0.1, 0.15) is 12.7 Å². The highest BCUT2D eigenvalue weighted by molar-refractivity contribution is 6.08. The Hall–Kier alpha value is -1.20. The van der Waals surface area contributed by atoms with E-state index in [2.05, 4.69) is 13.8 Å². The zero-order chi connectivity index (χ0) is 15.6. The zero-order valence-electron chi connectivity index (χ0n) is 13.2. The molecule has 3 atom stereocenters. The van der Waals surface area contributed by atoms with Crippen molar-refractivity contribution >= 4 is 11.8 Å². The van der Waals surface area contributed by atoms with Crippen molar-refractivity contribution in [1.29, 1.82) is 0 Å². The summed E-state index contributed by atoms with van der Waals surface area (Å²) >= 11 is 0. The average molecular weight is 296 g/mol. The number of carbonyl (C=O) groups excluding carboxylic acids is 2. The first-order valence-electron chi connectivity index (χ1n) is 7.52. The first-order chi connectivity index (χ1) is 9.92. The van der Waals surface area contributed by atoms with Crippen LogP contribution in [0.3, 0.4) is 0 Å². The molecule has 0 saturated heterocycles. The number of ether oxygens (including phenoxy) is 3. The lowest BCUT2D eigenvalue weighted by atomic mass is 9.82. The molecule has 0 aliphatic heterocycles. The summed E-state index contributed by atoms with van der Waals surface area (Å²) in [6.07, 6.45) is 2.16. The van der Waals surface area contributed by atoms with Crippen molar-refractivity contribution in [2.45, 2.75) is 40.2 Å². The van der Waals surface area contributed by atoms with Gasteiger partial charge >= 0.3 is 5.97 Å². The summed E-state index contributed by atoms with van der Waals surface area (Å²) in [4.78, 5) is 24.2. The molecule has 2 rings (SSSR count). The highest BCUT2D eigenvalue weighted by Crippen LogP contribution is 2.52. The number of allylic oxidation sites excluding steroid dienone is 1. The van der Waals surface area contributed by atoms with Gasteiger partial charge in [-0.3, -0.25) is 9.59 Å². The molecular weight excluding hydrogens is 272 g/mol. The maximum absolute atomic E-state index is 12.1. The lowest BCUT2D eigenvalue weighted by Gasteiger charge is -2.31. The summed E-state index contributed by atoms with van der Waals surface area (Å²) < 4.78 is 16.2. The van der Waals surface area contributed by atoms with Crippen molar-refractivity contribution < 1.29 is 23.8 Å². The first-order valence-corrected chi connectivity index (χ1v) is 7.52. The van der Waals surface area contributed by atoms with E-state index in [4.69, 9.17) is 14.2 Å². The maximum atomic E-state index is 12.1. The van der Waals surface area contributed by atoms with E-state index in [1.54, 1.807) is 13.0 Å². The van der Waals surface area contributed by atoms with Crippen LogP contribution in [0, 0.1) is 17.3 Å². The van der Waals surface area contributed by atoms with E-state index in [-0.39, 0.29) is 36.6 Å². The Morgan fingerprint density at radius 2 is 2.05 bits per heavy atom. The number of hydrogen-bond acceptors (Lipinski definition) is 5. The number of hydrogen-bond donors (Lipinski definition) is 0. The van der Waals surface area contributed by atoms with Crippen LogP contribution in [0.25, 0.3) is 0 Å². The Morgan fingerprint density at radius 3 is 2.67 bits per heavy atom. The van der Waals surface area contributed by atoms with Gasteiger partial charge in [0.25, 0.3) is 0 Å². The predicted molar refractivity (Wildman–Crippen MR) is 76.5 cm³/mol. The third-order valence-corrected chi connectivity index (χ3v) is 4.25. The highest BCUT2D eigenvalue weighted by atomic mass is 16.7. The Balaban J connectivity index is 2.20. The van der Waals surface area contributed by atoms with Crippen LogP contribution in [0.15, 0.2) is 11.6 Å². The van der Waals surface area contributed by atoms with Crippen molar-refractivity contribution in [3.63, 3.8) is 0 Å². The van der Waals surface area contributed by atoms with Gasteiger partial charge in [0.2, 0.25) is 0 Å². The summed E-state index contributed by atoms with van der Waals surface area (Å²) in [6.45, 7) is 8.85. The Labute approximate surface area is 125 Å². The van der Waals surface area contributed by atoms with Crippen LogP contribution in [-0.2, 0) is 23.8 Å². The van der Waals surface area contributed by atoms with Crippen LogP contribution in [0.5, 0.6) is 0 Å². The monoisotopic (exact) mass is 296 g/mol. The van der Waals surface area contributed by atoms with E-state index >= 15 is 0 Å².